The highest BCUT2D eigenvalue weighted by molar-refractivity contribution is 9.10. The van der Waals surface area contributed by atoms with Gasteiger partial charge in [-0.25, -0.2) is 4.68 Å². The summed E-state index contributed by atoms with van der Waals surface area (Å²) in [7, 11) is 0. The van der Waals surface area contributed by atoms with E-state index in [1.54, 1.807) is 0 Å². The molecule has 2 N–H and O–H groups in total. The van der Waals surface area contributed by atoms with Gasteiger partial charge in [-0.1, -0.05) is 15.9 Å². The van der Waals surface area contributed by atoms with Crippen molar-refractivity contribution >= 4 is 15.9 Å². The van der Waals surface area contributed by atoms with Gasteiger partial charge in [0.05, 0.1) is 11.4 Å². The fourth-order valence-corrected chi connectivity index (χ4v) is 2.32. The Morgan fingerprint density at radius 1 is 1.24 bits per heavy atom. The van der Waals surface area contributed by atoms with Crippen molar-refractivity contribution in [2.75, 3.05) is 6.54 Å². The lowest BCUT2D eigenvalue weighted by molar-refractivity contribution is 0.661. The van der Waals surface area contributed by atoms with Crippen LogP contribution in [0.3, 0.4) is 0 Å². The minimum absolute atomic E-state index is 0.167. The van der Waals surface area contributed by atoms with Crippen molar-refractivity contribution in [1.29, 1.82) is 0 Å². The normalized spacial score (nSPS) is 17.1. The van der Waals surface area contributed by atoms with Gasteiger partial charge in [0.2, 0.25) is 0 Å². The Kier molecular flexibility index (Phi) is 2.56. The summed E-state index contributed by atoms with van der Waals surface area (Å²) in [6, 6.07) is 10.2. The molecule has 3 rings (SSSR count). The van der Waals surface area contributed by atoms with E-state index in [-0.39, 0.29) is 5.41 Å². The predicted molar refractivity (Wildman–Crippen MR) is 71.2 cm³/mol. The average molecular weight is 292 g/mol. The standard InChI is InChI=1S/C13H14BrN3/c14-10-1-3-11(4-2-10)17-8-5-12(16-17)13(9-15)6-7-13/h1-5,8H,6-7,9,15H2. The molecule has 1 aliphatic rings. The minimum Gasteiger partial charge on any atom is -0.330 e. The first-order valence-electron chi connectivity index (χ1n) is 5.76. The molecular weight excluding hydrogens is 278 g/mol. The van der Waals surface area contributed by atoms with Crippen LogP contribution in [0.25, 0.3) is 5.69 Å². The molecule has 88 valence electrons. The Labute approximate surface area is 109 Å². The Morgan fingerprint density at radius 3 is 2.53 bits per heavy atom. The first-order chi connectivity index (χ1) is 8.23. The van der Waals surface area contributed by atoms with E-state index in [4.69, 9.17) is 5.73 Å². The SMILES string of the molecule is NCC1(c2ccn(-c3ccc(Br)cc3)n2)CC1. The number of nitrogens with two attached hydrogens (primary N) is 1. The van der Waals surface area contributed by atoms with Gasteiger partial charge in [0.1, 0.15) is 0 Å². The third-order valence-corrected chi connectivity index (χ3v) is 4.00. The maximum absolute atomic E-state index is 5.81. The van der Waals surface area contributed by atoms with Crippen molar-refractivity contribution in [1.82, 2.24) is 9.78 Å². The molecule has 1 aromatic carbocycles. The predicted octanol–water partition coefficient (Wildman–Crippen LogP) is 2.63. The van der Waals surface area contributed by atoms with Crippen LogP contribution in [0.1, 0.15) is 18.5 Å². The number of hydrogen-bond acceptors (Lipinski definition) is 2. The number of hydrogen-bond donors (Lipinski definition) is 1. The minimum atomic E-state index is 0.167. The van der Waals surface area contributed by atoms with Crippen molar-refractivity contribution in [2.24, 2.45) is 5.73 Å². The van der Waals surface area contributed by atoms with Gasteiger partial charge in [0.15, 0.2) is 0 Å². The van der Waals surface area contributed by atoms with E-state index in [9.17, 15) is 0 Å². The fraction of sp³-hybridized carbons (Fsp3) is 0.308. The lowest BCUT2D eigenvalue weighted by atomic mass is 10.0. The lowest BCUT2D eigenvalue weighted by Gasteiger charge is -2.08. The number of benzene rings is 1. The third-order valence-electron chi connectivity index (χ3n) is 3.47. The second kappa shape index (κ2) is 3.96. The van der Waals surface area contributed by atoms with Crippen LogP contribution in [-0.4, -0.2) is 16.3 Å². The van der Waals surface area contributed by atoms with Gasteiger partial charge in [-0.2, -0.15) is 5.10 Å². The van der Waals surface area contributed by atoms with E-state index in [2.05, 4.69) is 27.1 Å². The van der Waals surface area contributed by atoms with Crippen molar-refractivity contribution in [2.45, 2.75) is 18.3 Å². The topological polar surface area (TPSA) is 43.8 Å². The molecule has 4 heteroatoms. The summed E-state index contributed by atoms with van der Waals surface area (Å²) in [5.74, 6) is 0. The van der Waals surface area contributed by atoms with Crippen LogP contribution in [0.4, 0.5) is 0 Å². The van der Waals surface area contributed by atoms with E-state index < -0.39 is 0 Å². The molecule has 0 amide bonds. The monoisotopic (exact) mass is 291 g/mol. The van der Waals surface area contributed by atoms with E-state index in [0.29, 0.717) is 6.54 Å². The van der Waals surface area contributed by atoms with Crippen LogP contribution in [0.15, 0.2) is 41.0 Å². The molecular formula is C13H14BrN3. The van der Waals surface area contributed by atoms with Crippen molar-refractivity contribution in [3.8, 4) is 5.69 Å². The largest absolute Gasteiger partial charge is 0.330 e. The number of halogens is 1. The zero-order chi connectivity index (χ0) is 11.9. The van der Waals surface area contributed by atoms with E-state index in [0.717, 1.165) is 15.9 Å². The van der Waals surface area contributed by atoms with Gasteiger partial charge in [-0.3, -0.25) is 0 Å². The molecule has 1 aromatic heterocycles. The number of nitrogens with zero attached hydrogens (tertiary/aromatic N) is 2. The molecule has 1 aliphatic carbocycles. The van der Waals surface area contributed by atoms with Crippen molar-refractivity contribution in [3.63, 3.8) is 0 Å². The van der Waals surface area contributed by atoms with Gasteiger partial charge < -0.3 is 5.73 Å². The summed E-state index contributed by atoms with van der Waals surface area (Å²) in [5, 5.41) is 4.64. The molecule has 3 nitrogen and oxygen atoms in total. The van der Waals surface area contributed by atoms with Crippen LogP contribution >= 0.6 is 15.9 Å². The van der Waals surface area contributed by atoms with E-state index >= 15 is 0 Å². The summed E-state index contributed by atoms with van der Waals surface area (Å²) in [6.07, 6.45) is 4.34. The molecule has 1 fully saturated rings. The van der Waals surface area contributed by atoms with Crippen LogP contribution in [-0.2, 0) is 5.41 Å². The molecule has 0 atom stereocenters. The Balaban J connectivity index is 1.92. The van der Waals surface area contributed by atoms with Crippen molar-refractivity contribution in [3.05, 3.63) is 46.7 Å². The second-order valence-electron chi connectivity index (χ2n) is 4.61. The first-order valence-corrected chi connectivity index (χ1v) is 6.55. The van der Waals surface area contributed by atoms with Gasteiger partial charge in [-0.15, -0.1) is 0 Å². The Bertz CT molecular complexity index is 526. The number of rotatable bonds is 3. The maximum atomic E-state index is 5.81. The molecule has 0 aliphatic heterocycles. The van der Waals surface area contributed by atoms with Gasteiger partial charge in [0.25, 0.3) is 0 Å². The summed E-state index contributed by atoms with van der Waals surface area (Å²) >= 11 is 3.43. The zero-order valence-electron chi connectivity index (χ0n) is 9.44. The van der Waals surface area contributed by atoms with Crippen LogP contribution in [0, 0.1) is 0 Å². The summed E-state index contributed by atoms with van der Waals surface area (Å²) in [4.78, 5) is 0. The molecule has 17 heavy (non-hydrogen) atoms. The molecule has 2 aromatic rings. The highest BCUT2D eigenvalue weighted by Gasteiger charge is 2.44. The maximum Gasteiger partial charge on any atom is 0.0703 e. The van der Waals surface area contributed by atoms with Gasteiger partial charge in [0, 0.05) is 22.6 Å². The molecule has 0 unspecified atom stereocenters. The summed E-state index contributed by atoms with van der Waals surface area (Å²) in [5.41, 5.74) is 8.18. The summed E-state index contributed by atoms with van der Waals surface area (Å²) < 4.78 is 2.99. The highest BCUT2D eigenvalue weighted by atomic mass is 79.9. The molecule has 1 saturated carbocycles. The van der Waals surface area contributed by atoms with Gasteiger partial charge in [-0.05, 0) is 43.2 Å². The van der Waals surface area contributed by atoms with E-state index in [1.807, 2.05) is 35.1 Å². The zero-order valence-corrected chi connectivity index (χ0v) is 11.0. The van der Waals surface area contributed by atoms with Gasteiger partial charge >= 0.3 is 0 Å². The molecule has 0 bridgehead atoms. The lowest BCUT2D eigenvalue weighted by Crippen LogP contribution is -2.20. The quantitative estimate of drug-likeness (QED) is 0.945. The van der Waals surface area contributed by atoms with Crippen LogP contribution < -0.4 is 5.73 Å². The van der Waals surface area contributed by atoms with Crippen LogP contribution in [0.2, 0.25) is 0 Å². The molecule has 0 spiro atoms. The third kappa shape index (κ3) is 1.91. The molecule has 0 radical (unpaired) electrons. The van der Waals surface area contributed by atoms with E-state index in [1.165, 1.54) is 12.8 Å². The average Bonchev–Trinajstić information content (AvgIpc) is 3.00. The molecule has 1 heterocycles. The fourth-order valence-electron chi connectivity index (χ4n) is 2.06. The Hall–Kier alpha value is -1.13. The smallest absolute Gasteiger partial charge is 0.0703 e. The number of aromatic nitrogens is 2. The second-order valence-corrected chi connectivity index (χ2v) is 5.52. The Morgan fingerprint density at radius 2 is 1.94 bits per heavy atom. The van der Waals surface area contributed by atoms with Crippen LogP contribution in [0.5, 0.6) is 0 Å². The summed E-state index contributed by atoms with van der Waals surface area (Å²) in [6.45, 7) is 0.699. The highest BCUT2D eigenvalue weighted by Crippen LogP contribution is 2.46. The van der Waals surface area contributed by atoms with Crippen molar-refractivity contribution < 1.29 is 0 Å². The first kappa shape index (κ1) is 11.0. The molecule has 0 saturated heterocycles.